The first-order chi connectivity index (χ1) is 8.27. The standard InChI is InChI=1S/C11H13NO5S/c1-18(16,17)8-4-2-7(3-5-8)10(13)9(6-12)11(14)15/h2-5,9H,6,12H2,1H3,(H,14,15). The van der Waals surface area contributed by atoms with Gasteiger partial charge in [0.05, 0.1) is 4.90 Å². The third kappa shape index (κ3) is 3.14. The van der Waals surface area contributed by atoms with Gasteiger partial charge in [0.2, 0.25) is 0 Å². The summed E-state index contributed by atoms with van der Waals surface area (Å²) in [5.74, 6) is -3.24. The summed E-state index contributed by atoms with van der Waals surface area (Å²) in [7, 11) is -3.34. The number of sulfone groups is 1. The fraction of sp³-hybridized carbons (Fsp3) is 0.273. The van der Waals surface area contributed by atoms with Crippen LogP contribution in [0.3, 0.4) is 0 Å². The van der Waals surface area contributed by atoms with Crippen molar-refractivity contribution in [3.63, 3.8) is 0 Å². The van der Waals surface area contributed by atoms with Gasteiger partial charge in [-0.05, 0) is 12.1 Å². The van der Waals surface area contributed by atoms with E-state index < -0.39 is 27.5 Å². The normalized spacial score (nSPS) is 13.0. The molecule has 0 aliphatic rings. The van der Waals surface area contributed by atoms with Gasteiger partial charge in [-0.3, -0.25) is 9.59 Å². The van der Waals surface area contributed by atoms with Gasteiger partial charge in [0.1, 0.15) is 5.92 Å². The van der Waals surface area contributed by atoms with Crippen LogP contribution < -0.4 is 5.73 Å². The lowest BCUT2D eigenvalue weighted by atomic mass is 9.98. The highest BCUT2D eigenvalue weighted by Crippen LogP contribution is 2.13. The summed E-state index contributed by atoms with van der Waals surface area (Å²) in [5, 5.41) is 8.79. The van der Waals surface area contributed by atoms with Gasteiger partial charge in [0.15, 0.2) is 15.6 Å². The number of hydrogen-bond acceptors (Lipinski definition) is 5. The van der Waals surface area contributed by atoms with Gasteiger partial charge in [-0.1, -0.05) is 12.1 Å². The average Bonchev–Trinajstić information content (AvgIpc) is 2.28. The summed E-state index contributed by atoms with van der Waals surface area (Å²) in [6, 6.07) is 5.09. The molecule has 0 aliphatic heterocycles. The zero-order chi connectivity index (χ0) is 13.9. The lowest BCUT2D eigenvalue weighted by Crippen LogP contribution is -2.31. The number of carboxylic acids is 1. The van der Waals surface area contributed by atoms with E-state index in [1.54, 1.807) is 0 Å². The van der Waals surface area contributed by atoms with E-state index in [1.807, 2.05) is 0 Å². The highest BCUT2D eigenvalue weighted by Gasteiger charge is 2.25. The van der Waals surface area contributed by atoms with Crippen LogP contribution in [0.25, 0.3) is 0 Å². The monoisotopic (exact) mass is 271 g/mol. The van der Waals surface area contributed by atoms with E-state index in [0.29, 0.717) is 0 Å². The minimum Gasteiger partial charge on any atom is -0.481 e. The number of carbonyl (C=O) groups excluding carboxylic acids is 1. The molecule has 0 saturated heterocycles. The molecule has 1 unspecified atom stereocenters. The van der Waals surface area contributed by atoms with Crippen LogP contribution in [-0.2, 0) is 14.6 Å². The van der Waals surface area contributed by atoms with Crippen molar-refractivity contribution in [2.75, 3.05) is 12.8 Å². The quantitative estimate of drug-likeness (QED) is 0.572. The van der Waals surface area contributed by atoms with Crippen LogP contribution in [0, 0.1) is 5.92 Å². The number of Topliss-reactive ketones (excluding diaryl/α,β-unsaturated/α-hetero) is 1. The van der Waals surface area contributed by atoms with Crippen molar-refractivity contribution in [3.05, 3.63) is 29.8 Å². The number of benzene rings is 1. The maximum absolute atomic E-state index is 11.8. The van der Waals surface area contributed by atoms with Crippen molar-refractivity contribution in [1.29, 1.82) is 0 Å². The Morgan fingerprint density at radius 3 is 2.11 bits per heavy atom. The molecule has 0 radical (unpaired) electrons. The largest absolute Gasteiger partial charge is 0.481 e. The Hall–Kier alpha value is -1.73. The first-order valence-electron chi connectivity index (χ1n) is 5.04. The number of carbonyl (C=O) groups is 2. The lowest BCUT2D eigenvalue weighted by Gasteiger charge is -2.08. The molecule has 1 atom stereocenters. The van der Waals surface area contributed by atoms with Crippen molar-refractivity contribution in [3.8, 4) is 0 Å². The van der Waals surface area contributed by atoms with Gasteiger partial charge in [-0.2, -0.15) is 0 Å². The van der Waals surface area contributed by atoms with Crippen molar-refractivity contribution in [1.82, 2.24) is 0 Å². The fourth-order valence-electron chi connectivity index (χ4n) is 1.39. The summed E-state index contributed by atoms with van der Waals surface area (Å²) >= 11 is 0. The predicted octanol–water partition coefficient (Wildman–Crippen LogP) is -0.0677. The molecule has 6 nitrogen and oxygen atoms in total. The van der Waals surface area contributed by atoms with E-state index >= 15 is 0 Å². The van der Waals surface area contributed by atoms with Crippen LogP contribution in [0.5, 0.6) is 0 Å². The van der Waals surface area contributed by atoms with Crippen LogP contribution >= 0.6 is 0 Å². The molecular weight excluding hydrogens is 258 g/mol. The Labute approximate surface area is 104 Å². The second-order valence-corrected chi connectivity index (χ2v) is 5.80. The van der Waals surface area contributed by atoms with Gasteiger partial charge >= 0.3 is 5.97 Å². The number of aliphatic carboxylic acids is 1. The molecular formula is C11H13NO5S. The zero-order valence-electron chi connectivity index (χ0n) is 9.66. The van der Waals surface area contributed by atoms with Crippen LogP contribution in [0.4, 0.5) is 0 Å². The first-order valence-corrected chi connectivity index (χ1v) is 6.93. The number of ketones is 1. The van der Waals surface area contributed by atoms with E-state index in [-0.39, 0.29) is 17.0 Å². The summed E-state index contributed by atoms with van der Waals surface area (Å²) < 4.78 is 22.4. The summed E-state index contributed by atoms with van der Waals surface area (Å²) in [4.78, 5) is 22.6. The Kier molecular flexibility index (Phi) is 4.20. The molecule has 0 heterocycles. The van der Waals surface area contributed by atoms with E-state index in [9.17, 15) is 18.0 Å². The van der Waals surface area contributed by atoms with Crippen molar-refractivity contribution >= 4 is 21.6 Å². The molecule has 0 saturated carbocycles. The predicted molar refractivity (Wildman–Crippen MR) is 64.1 cm³/mol. The number of carboxylic acid groups (broad SMARTS) is 1. The molecule has 0 aliphatic carbocycles. The molecule has 0 bridgehead atoms. The van der Waals surface area contributed by atoms with Gasteiger partial charge in [0.25, 0.3) is 0 Å². The zero-order valence-corrected chi connectivity index (χ0v) is 10.5. The Morgan fingerprint density at radius 1 is 1.28 bits per heavy atom. The number of nitrogens with two attached hydrogens (primary N) is 1. The Bertz CT molecular complexity index is 562. The van der Waals surface area contributed by atoms with Crippen LogP contribution in [0.1, 0.15) is 10.4 Å². The van der Waals surface area contributed by atoms with Crippen LogP contribution in [0.2, 0.25) is 0 Å². The molecule has 98 valence electrons. The molecule has 18 heavy (non-hydrogen) atoms. The van der Waals surface area contributed by atoms with Crippen LogP contribution in [0.15, 0.2) is 29.2 Å². The minimum absolute atomic E-state index is 0.0682. The molecule has 1 aromatic rings. The molecule has 0 aromatic heterocycles. The van der Waals surface area contributed by atoms with Gasteiger partial charge < -0.3 is 10.8 Å². The molecule has 0 spiro atoms. The maximum Gasteiger partial charge on any atom is 0.315 e. The topological polar surface area (TPSA) is 115 Å². The molecule has 0 amide bonds. The Balaban J connectivity index is 3.06. The van der Waals surface area contributed by atoms with Gasteiger partial charge in [0, 0.05) is 18.4 Å². The Morgan fingerprint density at radius 2 is 1.78 bits per heavy atom. The summed E-state index contributed by atoms with van der Waals surface area (Å²) in [6.07, 6.45) is 1.05. The molecule has 7 heteroatoms. The van der Waals surface area contributed by atoms with Crippen molar-refractivity contribution in [2.24, 2.45) is 11.7 Å². The molecule has 1 rings (SSSR count). The van der Waals surface area contributed by atoms with E-state index in [0.717, 1.165) is 6.26 Å². The highest BCUT2D eigenvalue weighted by atomic mass is 32.2. The first kappa shape index (κ1) is 14.3. The van der Waals surface area contributed by atoms with Gasteiger partial charge in [-0.25, -0.2) is 8.42 Å². The van der Waals surface area contributed by atoms with E-state index in [1.165, 1.54) is 24.3 Å². The fourth-order valence-corrected chi connectivity index (χ4v) is 2.02. The average molecular weight is 271 g/mol. The van der Waals surface area contributed by atoms with Gasteiger partial charge in [-0.15, -0.1) is 0 Å². The van der Waals surface area contributed by atoms with E-state index in [2.05, 4.69) is 0 Å². The second kappa shape index (κ2) is 5.28. The van der Waals surface area contributed by atoms with E-state index in [4.69, 9.17) is 10.8 Å². The lowest BCUT2D eigenvalue weighted by molar-refractivity contribution is -0.139. The minimum atomic E-state index is -3.34. The number of hydrogen-bond donors (Lipinski definition) is 2. The SMILES string of the molecule is CS(=O)(=O)c1ccc(C(=O)C(CN)C(=O)O)cc1. The second-order valence-electron chi connectivity index (χ2n) is 3.79. The number of rotatable bonds is 5. The molecule has 3 N–H and O–H groups in total. The maximum atomic E-state index is 11.8. The summed E-state index contributed by atoms with van der Waals surface area (Å²) in [5.41, 5.74) is 5.34. The molecule has 1 aromatic carbocycles. The highest BCUT2D eigenvalue weighted by molar-refractivity contribution is 7.90. The van der Waals surface area contributed by atoms with Crippen LogP contribution in [-0.4, -0.2) is 38.1 Å². The third-order valence-corrected chi connectivity index (χ3v) is 3.55. The smallest absolute Gasteiger partial charge is 0.315 e. The molecule has 0 fully saturated rings. The summed E-state index contributed by atoms with van der Waals surface area (Å²) in [6.45, 7) is -0.304. The third-order valence-electron chi connectivity index (χ3n) is 2.42. The van der Waals surface area contributed by atoms with Crippen molar-refractivity contribution in [2.45, 2.75) is 4.90 Å². The van der Waals surface area contributed by atoms with Crippen molar-refractivity contribution < 1.29 is 23.1 Å².